The van der Waals surface area contributed by atoms with Crippen LogP contribution in [0.2, 0.25) is 0 Å². The number of benzene rings is 2. The molecule has 2 saturated heterocycles. The van der Waals surface area contributed by atoms with Gasteiger partial charge in [0.05, 0.1) is 0 Å². The van der Waals surface area contributed by atoms with Crippen LogP contribution in [0.25, 0.3) is 11.1 Å². The highest BCUT2D eigenvalue weighted by Gasteiger charge is 2.26. The maximum atomic E-state index is 13.4. The Kier molecular flexibility index (Phi) is 7.99. The van der Waals surface area contributed by atoms with Crippen LogP contribution < -0.4 is 4.74 Å². The van der Waals surface area contributed by atoms with Crippen molar-refractivity contribution in [3.8, 4) is 16.9 Å². The number of piperazine rings is 1. The lowest BCUT2D eigenvalue weighted by Gasteiger charge is -2.35. The predicted octanol–water partition coefficient (Wildman–Crippen LogP) is 4.41. The molecule has 1 atom stereocenters. The SMILES string of the molecule is CC[C@H]1CCCCN1C(=O)COc1ccc(-c2ccc(F)cc2)cc1CN1CCN(C)CC1. The third kappa shape index (κ3) is 6.12. The molecule has 4 rings (SSSR count). The first kappa shape index (κ1) is 23.7. The number of hydrogen-bond donors (Lipinski definition) is 0. The number of nitrogens with zero attached hydrogens (tertiary/aromatic N) is 3. The first-order chi connectivity index (χ1) is 16.0. The van der Waals surface area contributed by atoms with Gasteiger partial charge in [-0.3, -0.25) is 9.69 Å². The smallest absolute Gasteiger partial charge is 0.260 e. The van der Waals surface area contributed by atoms with Crippen molar-refractivity contribution in [1.29, 1.82) is 0 Å². The van der Waals surface area contributed by atoms with Crippen molar-refractivity contribution in [2.45, 2.75) is 45.2 Å². The molecule has 2 aliphatic heterocycles. The fourth-order valence-electron chi connectivity index (χ4n) is 4.89. The molecule has 2 aromatic rings. The fourth-order valence-corrected chi connectivity index (χ4v) is 4.89. The Morgan fingerprint density at radius 3 is 2.45 bits per heavy atom. The Hall–Kier alpha value is -2.44. The standard InChI is InChI=1S/C27H36FN3O2/c1-3-25-6-4-5-13-31(25)27(32)20-33-26-12-9-22(21-7-10-24(28)11-8-21)18-23(26)19-30-16-14-29(2)15-17-30/h7-12,18,25H,3-6,13-17,19-20H2,1-2H3/t25-/m0/s1. The summed E-state index contributed by atoms with van der Waals surface area (Å²) in [6, 6.07) is 13.0. The van der Waals surface area contributed by atoms with Crippen molar-refractivity contribution in [2.75, 3.05) is 46.4 Å². The van der Waals surface area contributed by atoms with Crippen LogP contribution in [-0.2, 0) is 11.3 Å². The summed E-state index contributed by atoms with van der Waals surface area (Å²) in [6.45, 7) is 7.91. The first-order valence-electron chi connectivity index (χ1n) is 12.3. The molecule has 0 N–H and O–H groups in total. The molecular formula is C27H36FN3O2. The Morgan fingerprint density at radius 2 is 1.73 bits per heavy atom. The summed E-state index contributed by atoms with van der Waals surface area (Å²) in [6.07, 6.45) is 4.35. The lowest BCUT2D eigenvalue weighted by Crippen LogP contribution is -2.45. The van der Waals surface area contributed by atoms with Gasteiger partial charge in [-0.05, 0) is 68.1 Å². The summed E-state index contributed by atoms with van der Waals surface area (Å²) in [5, 5.41) is 0. The maximum Gasteiger partial charge on any atom is 0.260 e. The van der Waals surface area contributed by atoms with Gasteiger partial charge in [0, 0.05) is 50.9 Å². The van der Waals surface area contributed by atoms with Crippen molar-refractivity contribution < 1.29 is 13.9 Å². The van der Waals surface area contributed by atoms with E-state index in [1.165, 1.54) is 18.6 Å². The molecule has 0 aromatic heterocycles. The number of halogens is 1. The minimum atomic E-state index is -0.238. The van der Waals surface area contributed by atoms with E-state index in [9.17, 15) is 9.18 Å². The Morgan fingerprint density at radius 1 is 1.00 bits per heavy atom. The van der Waals surface area contributed by atoms with Gasteiger partial charge < -0.3 is 14.5 Å². The van der Waals surface area contributed by atoms with Crippen LogP contribution >= 0.6 is 0 Å². The van der Waals surface area contributed by atoms with Gasteiger partial charge in [-0.15, -0.1) is 0 Å². The van der Waals surface area contributed by atoms with Gasteiger partial charge in [0.15, 0.2) is 6.61 Å². The number of hydrogen-bond acceptors (Lipinski definition) is 4. The highest BCUT2D eigenvalue weighted by atomic mass is 19.1. The average Bonchev–Trinajstić information content (AvgIpc) is 2.85. The Bertz CT molecular complexity index is 925. The van der Waals surface area contributed by atoms with Crippen LogP contribution in [-0.4, -0.2) is 73.0 Å². The molecule has 6 heteroatoms. The van der Waals surface area contributed by atoms with E-state index < -0.39 is 0 Å². The molecule has 2 fully saturated rings. The first-order valence-corrected chi connectivity index (χ1v) is 12.3. The van der Waals surface area contributed by atoms with E-state index in [0.717, 1.165) is 81.0 Å². The van der Waals surface area contributed by atoms with Crippen molar-refractivity contribution >= 4 is 5.91 Å². The minimum Gasteiger partial charge on any atom is -0.483 e. The summed E-state index contributed by atoms with van der Waals surface area (Å²) in [4.78, 5) is 19.7. The average molecular weight is 454 g/mol. The maximum absolute atomic E-state index is 13.4. The van der Waals surface area contributed by atoms with Crippen molar-refractivity contribution in [3.63, 3.8) is 0 Å². The van der Waals surface area contributed by atoms with Gasteiger partial charge in [0.25, 0.3) is 5.91 Å². The lowest BCUT2D eigenvalue weighted by atomic mass is 10.00. The molecule has 0 bridgehead atoms. The molecule has 2 aliphatic rings. The van der Waals surface area contributed by atoms with Crippen LogP contribution in [0, 0.1) is 5.82 Å². The largest absolute Gasteiger partial charge is 0.483 e. The molecule has 33 heavy (non-hydrogen) atoms. The number of piperidine rings is 1. The van der Waals surface area contributed by atoms with Gasteiger partial charge >= 0.3 is 0 Å². The quantitative estimate of drug-likeness (QED) is 0.622. The highest BCUT2D eigenvalue weighted by Crippen LogP contribution is 2.29. The lowest BCUT2D eigenvalue weighted by molar-refractivity contribution is -0.137. The molecule has 0 radical (unpaired) electrons. The zero-order valence-corrected chi connectivity index (χ0v) is 19.9. The predicted molar refractivity (Wildman–Crippen MR) is 130 cm³/mol. The number of carbonyl (C=O) groups is 1. The molecule has 0 spiro atoms. The minimum absolute atomic E-state index is 0.0716. The van der Waals surface area contributed by atoms with Gasteiger partial charge in [-0.1, -0.05) is 25.1 Å². The van der Waals surface area contributed by atoms with Crippen LogP contribution in [0.3, 0.4) is 0 Å². The number of rotatable bonds is 7. The molecule has 0 saturated carbocycles. The fraction of sp³-hybridized carbons (Fsp3) is 0.519. The van der Waals surface area contributed by atoms with E-state index in [1.54, 1.807) is 12.1 Å². The van der Waals surface area contributed by atoms with Gasteiger partial charge in [-0.2, -0.15) is 0 Å². The molecule has 2 aromatic carbocycles. The Labute approximate surface area is 197 Å². The van der Waals surface area contributed by atoms with E-state index in [2.05, 4.69) is 29.8 Å². The third-order valence-electron chi connectivity index (χ3n) is 7.00. The zero-order chi connectivity index (χ0) is 23.2. The monoisotopic (exact) mass is 453 g/mol. The summed E-state index contributed by atoms with van der Waals surface area (Å²) < 4.78 is 19.5. The van der Waals surface area contributed by atoms with E-state index in [4.69, 9.17) is 4.74 Å². The number of likely N-dealkylation sites (tertiary alicyclic amines) is 1. The topological polar surface area (TPSA) is 36.0 Å². The van der Waals surface area contributed by atoms with E-state index in [0.29, 0.717) is 6.04 Å². The molecule has 5 nitrogen and oxygen atoms in total. The van der Waals surface area contributed by atoms with Crippen molar-refractivity contribution in [1.82, 2.24) is 14.7 Å². The molecule has 1 amide bonds. The van der Waals surface area contributed by atoms with Crippen molar-refractivity contribution in [2.24, 2.45) is 0 Å². The second kappa shape index (κ2) is 11.1. The number of amides is 1. The van der Waals surface area contributed by atoms with Gasteiger partial charge in [-0.25, -0.2) is 4.39 Å². The summed E-state index contributed by atoms with van der Waals surface area (Å²) in [5.41, 5.74) is 3.07. The molecule has 0 aliphatic carbocycles. The van der Waals surface area contributed by atoms with E-state index >= 15 is 0 Å². The van der Waals surface area contributed by atoms with Crippen LogP contribution in [0.15, 0.2) is 42.5 Å². The zero-order valence-electron chi connectivity index (χ0n) is 19.9. The van der Waals surface area contributed by atoms with E-state index in [-0.39, 0.29) is 18.3 Å². The van der Waals surface area contributed by atoms with Crippen molar-refractivity contribution in [3.05, 3.63) is 53.8 Å². The van der Waals surface area contributed by atoms with Crippen LogP contribution in [0.1, 0.15) is 38.2 Å². The number of ether oxygens (including phenoxy) is 1. The molecular weight excluding hydrogens is 417 g/mol. The van der Waals surface area contributed by atoms with Crippen LogP contribution in [0.5, 0.6) is 5.75 Å². The molecule has 178 valence electrons. The normalized spacial score (nSPS) is 20.1. The van der Waals surface area contributed by atoms with Gasteiger partial charge in [0.2, 0.25) is 0 Å². The highest BCUT2D eigenvalue weighted by molar-refractivity contribution is 5.78. The third-order valence-corrected chi connectivity index (χ3v) is 7.00. The summed E-state index contributed by atoms with van der Waals surface area (Å²) >= 11 is 0. The number of likely N-dealkylation sites (N-methyl/N-ethyl adjacent to an activating group) is 1. The van der Waals surface area contributed by atoms with Crippen LogP contribution in [0.4, 0.5) is 4.39 Å². The summed E-state index contributed by atoms with van der Waals surface area (Å²) in [5.74, 6) is 0.603. The van der Waals surface area contributed by atoms with E-state index in [1.807, 2.05) is 17.0 Å². The summed E-state index contributed by atoms with van der Waals surface area (Å²) in [7, 11) is 2.15. The molecule has 2 heterocycles. The molecule has 0 unspecified atom stereocenters. The number of carbonyl (C=O) groups excluding carboxylic acids is 1. The Balaban J connectivity index is 1.51. The second-order valence-electron chi connectivity index (χ2n) is 9.34. The van der Waals surface area contributed by atoms with Gasteiger partial charge in [0.1, 0.15) is 11.6 Å². The second-order valence-corrected chi connectivity index (χ2v) is 9.34.